The summed E-state index contributed by atoms with van der Waals surface area (Å²) >= 11 is 6.10. The number of nitro groups is 1. The number of rotatable bonds is 5. The number of nitrogens with one attached hydrogen (secondary N) is 1. The molecule has 1 heterocycles. The maximum atomic E-state index is 12.3. The number of hydrazone groups is 1. The van der Waals surface area contributed by atoms with Gasteiger partial charge in [-0.15, -0.1) is 0 Å². The molecule has 0 fully saturated rings. The van der Waals surface area contributed by atoms with E-state index in [0.29, 0.717) is 11.3 Å². The second kappa shape index (κ2) is 7.58. The third-order valence-electron chi connectivity index (χ3n) is 3.40. The van der Waals surface area contributed by atoms with E-state index in [1.165, 1.54) is 29.2 Å². The van der Waals surface area contributed by atoms with Crippen LogP contribution in [-0.4, -0.2) is 20.9 Å². The molecule has 2 aromatic carbocycles. The number of hydrogen-bond donors (Lipinski definition) is 1. The minimum atomic E-state index is -0.492. The van der Waals surface area contributed by atoms with Gasteiger partial charge in [-0.1, -0.05) is 41.9 Å². The minimum absolute atomic E-state index is 0.0425. The van der Waals surface area contributed by atoms with Crippen LogP contribution in [-0.2, 0) is 0 Å². The lowest BCUT2D eigenvalue weighted by atomic mass is 10.2. The summed E-state index contributed by atoms with van der Waals surface area (Å²) in [6.07, 6.45) is 2.76. The van der Waals surface area contributed by atoms with E-state index < -0.39 is 10.5 Å². The molecule has 8 nitrogen and oxygen atoms in total. The monoisotopic (exact) mass is 369 g/mol. The van der Waals surface area contributed by atoms with Crippen molar-refractivity contribution in [2.75, 3.05) is 5.43 Å². The second-order valence-electron chi connectivity index (χ2n) is 5.15. The maximum Gasteiger partial charge on any atom is 0.292 e. The zero-order chi connectivity index (χ0) is 18.5. The first-order valence-electron chi connectivity index (χ1n) is 7.43. The zero-order valence-electron chi connectivity index (χ0n) is 13.2. The number of para-hydroxylation sites is 1. The van der Waals surface area contributed by atoms with Crippen molar-refractivity contribution in [3.63, 3.8) is 0 Å². The molecule has 0 unspecified atom stereocenters. The van der Waals surface area contributed by atoms with Gasteiger partial charge in [0.05, 0.1) is 23.0 Å². The number of hydrogen-bond acceptors (Lipinski definition) is 6. The largest absolute Gasteiger partial charge is 0.292 e. The molecule has 130 valence electrons. The predicted molar refractivity (Wildman–Crippen MR) is 99.2 cm³/mol. The van der Waals surface area contributed by atoms with E-state index in [9.17, 15) is 14.9 Å². The van der Waals surface area contributed by atoms with E-state index in [2.05, 4.69) is 15.6 Å². The smallest absolute Gasteiger partial charge is 0.275 e. The number of aromatic nitrogens is 2. The van der Waals surface area contributed by atoms with Crippen LogP contribution in [0.3, 0.4) is 0 Å². The van der Waals surface area contributed by atoms with Crippen molar-refractivity contribution in [1.29, 1.82) is 0 Å². The van der Waals surface area contributed by atoms with Gasteiger partial charge in [0.25, 0.3) is 11.2 Å². The highest BCUT2D eigenvalue weighted by Gasteiger charge is 2.10. The summed E-state index contributed by atoms with van der Waals surface area (Å²) in [6, 6.07) is 14.8. The van der Waals surface area contributed by atoms with Gasteiger partial charge in [-0.2, -0.15) is 14.9 Å². The van der Waals surface area contributed by atoms with Gasteiger partial charge in [-0.25, -0.2) is 0 Å². The van der Waals surface area contributed by atoms with Crippen LogP contribution in [0, 0.1) is 10.1 Å². The number of non-ortho nitro benzene ring substituents is 1. The Balaban J connectivity index is 1.81. The summed E-state index contributed by atoms with van der Waals surface area (Å²) in [6.45, 7) is 0. The molecular weight excluding hydrogens is 358 g/mol. The Morgan fingerprint density at radius 3 is 2.69 bits per heavy atom. The molecule has 0 spiro atoms. The van der Waals surface area contributed by atoms with E-state index in [4.69, 9.17) is 11.6 Å². The molecule has 0 amide bonds. The van der Waals surface area contributed by atoms with Gasteiger partial charge in [0, 0.05) is 17.7 Å². The van der Waals surface area contributed by atoms with Crippen LogP contribution in [0.5, 0.6) is 0 Å². The molecule has 1 aromatic heterocycles. The Labute approximate surface area is 152 Å². The van der Waals surface area contributed by atoms with Crippen LogP contribution in [0.4, 0.5) is 11.4 Å². The zero-order valence-corrected chi connectivity index (χ0v) is 14.0. The SMILES string of the molecule is O=c1c(Cl)c(N/N=C/c2cccc([N+](=O)[O-])c2)cnn1-c1ccccc1. The number of anilines is 1. The topological polar surface area (TPSA) is 102 Å². The average Bonchev–Trinajstić information content (AvgIpc) is 2.66. The predicted octanol–water partition coefficient (Wildman–Crippen LogP) is 3.24. The average molecular weight is 370 g/mol. The number of halogens is 1. The molecule has 0 aliphatic rings. The molecule has 26 heavy (non-hydrogen) atoms. The third kappa shape index (κ3) is 3.76. The molecular formula is C17H12ClN5O3. The lowest BCUT2D eigenvalue weighted by Gasteiger charge is -2.07. The highest BCUT2D eigenvalue weighted by atomic mass is 35.5. The fourth-order valence-corrected chi connectivity index (χ4v) is 2.33. The van der Waals surface area contributed by atoms with E-state index in [1.54, 1.807) is 36.4 Å². The van der Waals surface area contributed by atoms with E-state index in [-0.39, 0.29) is 16.4 Å². The van der Waals surface area contributed by atoms with Crippen molar-refractivity contribution < 1.29 is 4.92 Å². The van der Waals surface area contributed by atoms with Crippen molar-refractivity contribution >= 4 is 29.2 Å². The Morgan fingerprint density at radius 2 is 1.96 bits per heavy atom. The Kier molecular flexibility index (Phi) is 5.04. The van der Waals surface area contributed by atoms with Crippen LogP contribution < -0.4 is 11.0 Å². The fraction of sp³-hybridized carbons (Fsp3) is 0. The van der Waals surface area contributed by atoms with Crippen molar-refractivity contribution in [3.05, 3.63) is 91.8 Å². The molecule has 3 rings (SSSR count). The molecule has 3 aromatic rings. The first-order valence-corrected chi connectivity index (χ1v) is 7.81. The molecule has 0 atom stereocenters. The van der Waals surface area contributed by atoms with Gasteiger partial charge in [0.15, 0.2) is 0 Å². The van der Waals surface area contributed by atoms with Crippen molar-refractivity contribution in [2.24, 2.45) is 5.10 Å². The summed E-state index contributed by atoms with van der Waals surface area (Å²) in [5, 5.41) is 18.7. The van der Waals surface area contributed by atoms with Crippen molar-refractivity contribution in [1.82, 2.24) is 9.78 Å². The second-order valence-corrected chi connectivity index (χ2v) is 5.52. The van der Waals surface area contributed by atoms with Crippen LogP contribution in [0.1, 0.15) is 5.56 Å². The molecule has 0 aliphatic heterocycles. The van der Waals surface area contributed by atoms with Gasteiger partial charge in [-0.05, 0) is 12.1 Å². The van der Waals surface area contributed by atoms with Crippen LogP contribution in [0.2, 0.25) is 5.02 Å². The molecule has 0 radical (unpaired) electrons. The summed E-state index contributed by atoms with van der Waals surface area (Å²) in [5.74, 6) is 0. The molecule has 0 aliphatic carbocycles. The first kappa shape index (κ1) is 17.3. The third-order valence-corrected chi connectivity index (χ3v) is 3.76. The highest BCUT2D eigenvalue weighted by molar-refractivity contribution is 6.32. The fourth-order valence-electron chi connectivity index (χ4n) is 2.16. The Morgan fingerprint density at radius 1 is 1.19 bits per heavy atom. The van der Waals surface area contributed by atoms with Crippen LogP contribution in [0.25, 0.3) is 5.69 Å². The lowest BCUT2D eigenvalue weighted by Crippen LogP contribution is -2.22. The normalized spacial score (nSPS) is 10.8. The molecule has 1 N–H and O–H groups in total. The number of nitro benzene ring substituents is 1. The summed E-state index contributed by atoms with van der Waals surface area (Å²) < 4.78 is 1.18. The first-order chi connectivity index (χ1) is 12.6. The summed E-state index contributed by atoms with van der Waals surface area (Å²) in [4.78, 5) is 22.6. The quantitative estimate of drug-likeness (QED) is 0.422. The molecule has 0 saturated carbocycles. The maximum absolute atomic E-state index is 12.3. The van der Waals surface area contributed by atoms with E-state index in [0.717, 1.165) is 0 Å². The van der Waals surface area contributed by atoms with E-state index in [1.807, 2.05) is 6.07 Å². The summed E-state index contributed by atoms with van der Waals surface area (Å²) in [5.41, 5.74) is 3.42. The molecule has 9 heteroatoms. The van der Waals surface area contributed by atoms with Gasteiger partial charge < -0.3 is 0 Å². The van der Waals surface area contributed by atoms with Crippen LogP contribution in [0.15, 0.2) is 70.7 Å². The van der Waals surface area contributed by atoms with Gasteiger partial charge in [-0.3, -0.25) is 20.3 Å². The minimum Gasteiger partial charge on any atom is -0.275 e. The van der Waals surface area contributed by atoms with Gasteiger partial charge in [0.2, 0.25) is 0 Å². The van der Waals surface area contributed by atoms with Crippen molar-refractivity contribution in [3.8, 4) is 5.69 Å². The standard InChI is InChI=1S/C17H12ClN5O3/c18-16-15(11-20-22(17(16)24)13-6-2-1-3-7-13)21-19-10-12-5-4-8-14(9-12)23(25)26/h1-11,21H/b19-10+. The van der Waals surface area contributed by atoms with Crippen molar-refractivity contribution in [2.45, 2.75) is 0 Å². The van der Waals surface area contributed by atoms with E-state index >= 15 is 0 Å². The van der Waals surface area contributed by atoms with Crippen LogP contribution >= 0.6 is 11.6 Å². The summed E-state index contributed by atoms with van der Waals surface area (Å²) in [7, 11) is 0. The molecule has 0 saturated heterocycles. The Bertz CT molecular complexity index is 1030. The lowest BCUT2D eigenvalue weighted by molar-refractivity contribution is -0.384. The highest BCUT2D eigenvalue weighted by Crippen LogP contribution is 2.17. The van der Waals surface area contributed by atoms with Gasteiger partial charge in [0.1, 0.15) is 10.7 Å². The Hall–Kier alpha value is -3.52. The van der Waals surface area contributed by atoms with Gasteiger partial charge >= 0.3 is 0 Å². The number of nitrogens with zero attached hydrogens (tertiary/aromatic N) is 4. The number of benzene rings is 2. The molecule has 0 bridgehead atoms.